The molecule has 2 saturated heterocycles. The molecule has 1 unspecified atom stereocenters. The van der Waals surface area contributed by atoms with Gasteiger partial charge in [-0.05, 0) is 25.0 Å². The van der Waals surface area contributed by atoms with E-state index in [2.05, 4.69) is 35.7 Å². The fourth-order valence-electron chi connectivity index (χ4n) is 3.66. The fourth-order valence-corrected chi connectivity index (χ4v) is 3.66. The first-order chi connectivity index (χ1) is 13.7. The summed E-state index contributed by atoms with van der Waals surface area (Å²) in [7, 11) is 2.04. The Morgan fingerprint density at radius 2 is 1.93 bits per heavy atom. The highest BCUT2D eigenvalue weighted by atomic mass is 16.5. The number of piperidine rings is 1. The molecule has 0 N–H and O–H groups in total. The number of morpholine rings is 1. The Labute approximate surface area is 164 Å². The zero-order valence-corrected chi connectivity index (χ0v) is 16.0. The van der Waals surface area contributed by atoms with Gasteiger partial charge in [-0.25, -0.2) is 15.0 Å². The number of nitriles is 1. The van der Waals surface area contributed by atoms with Crippen molar-refractivity contribution < 1.29 is 4.74 Å². The van der Waals surface area contributed by atoms with E-state index < -0.39 is 0 Å². The van der Waals surface area contributed by atoms with Crippen molar-refractivity contribution in [1.29, 1.82) is 5.26 Å². The van der Waals surface area contributed by atoms with Crippen LogP contribution < -0.4 is 14.7 Å². The maximum Gasteiger partial charge on any atom is 0.227 e. The molecular weight excluding hydrogens is 356 g/mol. The molecule has 0 bridgehead atoms. The number of hydrogen-bond acceptors (Lipinski definition) is 9. The second-order valence-corrected chi connectivity index (χ2v) is 7.02. The Kier molecular flexibility index (Phi) is 5.48. The summed E-state index contributed by atoms with van der Waals surface area (Å²) in [6.45, 7) is 4.82. The van der Waals surface area contributed by atoms with Crippen LogP contribution in [0.4, 0.5) is 17.7 Å². The van der Waals surface area contributed by atoms with Gasteiger partial charge in [0.05, 0.1) is 13.2 Å². The molecule has 0 aromatic carbocycles. The van der Waals surface area contributed by atoms with E-state index in [1.165, 1.54) is 0 Å². The van der Waals surface area contributed by atoms with Crippen LogP contribution in [0.5, 0.6) is 0 Å². The van der Waals surface area contributed by atoms with Crippen molar-refractivity contribution in [2.45, 2.75) is 18.9 Å². The lowest BCUT2D eigenvalue weighted by molar-refractivity contribution is 0.122. The standard InChI is InChI=1S/C19H24N8O/c1-25(18-21-7-5-17(24-18)26-9-11-28-12-10-26)16-3-2-8-27(14-16)19-22-6-4-15(13-20)23-19/h4-7,16H,2-3,8-12,14H2,1H3. The third kappa shape index (κ3) is 3.97. The third-order valence-electron chi connectivity index (χ3n) is 5.26. The molecule has 146 valence electrons. The molecule has 2 aliphatic rings. The predicted octanol–water partition coefficient (Wildman–Crippen LogP) is 1.08. The van der Waals surface area contributed by atoms with E-state index in [1.54, 1.807) is 12.3 Å². The largest absolute Gasteiger partial charge is 0.378 e. The first kappa shape index (κ1) is 18.4. The Balaban J connectivity index is 1.48. The van der Waals surface area contributed by atoms with Gasteiger partial charge in [-0.3, -0.25) is 0 Å². The van der Waals surface area contributed by atoms with Gasteiger partial charge in [0, 0.05) is 51.7 Å². The van der Waals surface area contributed by atoms with Crippen LogP contribution in [0.25, 0.3) is 0 Å². The normalized spacial score (nSPS) is 19.9. The van der Waals surface area contributed by atoms with Crippen molar-refractivity contribution in [3.63, 3.8) is 0 Å². The number of nitrogens with zero attached hydrogens (tertiary/aromatic N) is 8. The van der Waals surface area contributed by atoms with Crippen LogP contribution in [0.2, 0.25) is 0 Å². The predicted molar refractivity (Wildman–Crippen MR) is 105 cm³/mol. The van der Waals surface area contributed by atoms with E-state index in [-0.39, 0.29) is 6.04 Å². The zero-order valence-electron chi connectivity index (χ0n) is 16.0. The minimum absolute atomic E-state index is 0.253. The summed E-state index contributed by atoms with van der Waals surface area (Å²) in [5.74, 6) is 2.28. The molecule has 2 aromatic heterocycles. The van der Waals surface area contributed by atoms with Gasteiger partial charge in [0.1, 0.15) is 17.6 Å². The summed E-state index contributed by atoms with van der Waals surface area (Å²) in [4.78, 5) is 24.5. The minimum atomic E-state index is 0.253. The second kappa shape index (κ2) is 8.35. The topological polar surface area (TPSA) is 94.3 Å². The van der Waals surface area contributed by atoms with Gasteiger partial charge in [-0.2, -0.15) is 10.2 Å². The van der Waals surface area contributed by atoms with Crippen molar-refractivity contribution in [2.24, 2.45) is 0 Å². The molecule has 0 aliphatic carbocycles. The molecule has 2 fully saturated rings. The molecule has 0 amide bonds. The average Bonchev–Trinajstić information content (AvgIpc) is 2.79. The van der Waals surface area contributed by atoms with Crippen molar-refractivity contribution in [3.8, 4) is 6.07 Å². The van der Waals surface area contributed by atoms with Gasteiger partial charge in [0.15, 0.2) is 0 Å². The van der Waals surface area contributed by atoms with Crippen molar-refractivity contribution in [3.05, 3.63) is 30.2 Å². The molecule has 4 rings (SSSR count). The summed E-state index contributed by atoms with van der Waals surface area (Å²) in [6, 6.07) is 5.92. The Morgan fingerprint density at radius 1 is 1.11 bits per heavy atom. The quantitative estimate of drug-likeness (QED) is 0.772. The van der Waals surface area contributed by atoms with Gasteiger partial charge in [0.2, 0.25) is 11.9 Å². The first-order valence-electron chi connectivity index (χ1n) is 9.61. The van der Waals surface area contributed by atoms with Crippen molar-refractivity contribution in [1.82, 2.24) is 19.9 Å². The molecule has 9 heteroatoms. The molecule has 28 heavy (non-hydrogen) atoms. The molecule has 4 heterocycles. The summed E-state index contributed by atoms with van der Waals surface area (Å²) in [6.07, 6.45) is 5.54. The van der Waals surface area contributed by atoms with Crippen LogP contribution in [-0.4, -0.2) is 72.4 Å². The van der Waals surface area contributed by atoms with E-state index in [9.17, 15) is 0 Å². The van der Waals surface area contributed by atoms with E-state index in [0.29, 0.717) is 11.6 Å². The van der Waals surface area contributed by atoms with E-state index >= 15 is 0 Å². The maximum atomic E-state index is 9.09. The van der Waals surface area contributed by atoms with Crippen molar-refractivity contribution >= 4 is 17.7 Å². The van der Waals surface area contributed by atoms with Crippen LogP contribution in [0.3, 0.4) is 0 Å². The van der Waals surface area contributed by atoms with E-state index in [4.69, 9.17) is 15.0 Å². The molecule has 1 atom stereocenters. The summed E-state index contributed by atoms with van der Waals surface area (Å²) < 4.78 is 5.43. The fraction of sp³-hybridized carbons (Fsp3) is 0.526. The first-order valence-corrected chi connectivity index (χ1v) is 9.61. The third-order valence-corrected chi connectivity index (χ3v) is 5.26. The Bertz CT molecular complexity index is 848. The lowest BCUT2D eigenvalue weighted by Crippen LogP contribution is -2.48. The number of hydrogen-bond donors (Lipinski definition) is 0. The number of aromatic nitrogens is 4. The molecule has 2 aromatic rings. The van der Waals surface area contributed by atoms with E-state index in [0.717, 1.165) is 64.0 Å². The van der Waals surface area contributed by atoms with Crippen LogP contribution >= 0.6 is 0 Å². The van der Waals surface area contributed by atoms with Gasteiger partial charge in [-0.1, -0.05) is 0 Å². The van der Waals surface area contributed by atoms with Crippen LogP contribution in [0.1, 0.15) is 18.5 Å². The van der Waals surface area contributed by atoms with Crippen LogP contribution in [0.15, 0.2) is 24.5 Å². The smallest absolute Gasteiger partial charge is 0.227 e. The number of anilines is 3. The lowest BCUT2D eigenvalue weighted by Gasteiger charge is -2.38. The maximum absolute atomic E-state index is 9.09. The van der Waals surface area contributed by atoms with Crippen LogP contribution in [-0.2, 0) is 4.74 Å². The lowest BCUT2D eigenvalue weighted by atomic mass is 10.1. The summed E-state index contributed by atoms with van der Waals surface area (Å²) in [5, 5.41) is 9.09. The Morgan fingerprint density at radius 3 is 2.75 bits per heavy atom. The molecule has 0 saturated carbocycles. The van der Waals surface area contributed by atoms with Gasteiger partial charge >= 0.3 is 0 Å². The number of likely N-dealkylation sites (N-methyl/N-ethyl adjacent to an activating group) is 1. The highest BCUT2D eigenvalue weighted by molar-refractivity contribution is 5.45. The van der Waals surface area contributed by atoms with Crippen LogP contribution in [0, 0.1) is 11.3 Å². The van der Waals surface area contributed by atoms with E-state index in [1.807, 2.05) is 19.3 Å². The average molecular weight is 380 g/mol. The molecule has 9 nitrogen and oxygen atoms in total. The molecule has 0 radical (unpaired) electrons. The molecular formula is C19H24N8O. The van der Waals surface area contributed by atoms with Gasteiger partial charge in [-0.15, -0.1) is 0 Å². The molecule has 2 aliphatic heterocycles. The van der Waals surface area contributed by atoms with Gasteiger partial charge in [0.25, 0.3) is 0 Å². The zero-order chi connectivity index (χ0) is 19.3. The summed E-state index contributed by atoms with van der Waals surface area (Å²) in [5.41, 5.74) is 0.391. The minimum Gasteiger partial charge on any atom is -0.378 e. The SMILES string of the molecule is CN(c1nccc(N2CCOCC2)n1)C1CCCN(c2nccc(C#N)n2)C1. The number of rotatable bonds is 4. The van der Waals surface area contributed by atoms with Gasteiger partial charge < -0.3 is 19.4 Å². The number of ether oxygens (including phenoxy) is 1. The highest BCUT2D eigenvalue weighted by Crippen LogP contribution is 2.23. The molecule has 0 spiro atoms. The monoisotopic (exact) mass is 380 g/mol. The van der Waals surface area contributed by atoms with Crippen molar-refractivity contribution in [2.75, 3.05) is 61.1 Å². The highest BCUT2D eigenvalue weighted by Gasteiger charge is 2.27. The Hall–Kier alpha value is -2.99. The summed E-state index contributed by atoms with van der Waals surface area (Å²) >= 11 is 0. The second-order valence-electron chi connectivity index (χ2n) is 7.02.